The van der Waals surface area contributed by atoms with Crippen LogP contribution in [0.3, 0.4) is 0 Å². The van der Waals surface area contributed by atoms with Gasteiger partial charge in [-0.15, -0.1) is 11.3 Å². The van der Waals surface area contributed by atoms with E-state index >= 15 is 0 Å². The van der Waals surface area contributed by atoms with E-state index in [1.54, 1.807) is 0 Å². The van der Waals surface area contributed by atoms with Crippen molar-refractivity contribution in [2.75, 3.05) is 31.5 Å². The molecular formula is C30H38N4OS. The molecular weight excluding hydrogens is 464 g/mol. The Hall–Kier alpha value is -2.67. The molecule has 1 atom stereocenters. The van der Waals surface area contributed by atoms with Crippen molar-refractivity contribution < 1.29 is 4.79 Å². The second kappa shape index (κ2) is 11.6. The first kappa shape index (κ1) is 25.0. The molecule has 2 aromatic carbocycles. The fourth-order valence-electron chi connectivity index (χ4n) is 5.26. The Morgan fingerprint density at radius 3 is 2.69 bits per heavy atom. The number of hydrogen-bond acceptors (Lipinski definition) is 5. The van der Waals surface area contributed by atoms with Crippen molar-refractivity contribution in [2.24, 2.45) is 0 Å². The van der Waals surface area contributed by atoms with Gasteiger partial charge in [-0.1, -0.05) is 24.3 Å². The van der Waals surface area contributed by atoms with E-state index in [1.807, 2.05) is 30.4 Å². The van der Waals surface area contributed by atoms with Gasteiger partial charge in [-0.3, -0.25) is 9.69 Å². The van der Waals surface area contributed by atoms with Crippen molar-refractivity contribution in [2.45, 2.75) is 58.2 Å². The molecule has 2 aliphatic heterocycles. The molecule has 0 saturated carbocycles. The van der Waals surface area contributed by atoms with Crippen molar-refractivity contribution in [3.8, 4) is 10.4 Å². The molecule has 5 nitrogen and oxygen atoms in total. The summed E-state index contributed by atoms with van der Waals surface area (Å²) in [5.41, 5.74) is 5.09. The molecule has 3 heterocycles. The van der Waals surface area contributed by atoms with E-state index in [9.17, 15) is 4.79 Å². The summed E-state index contributed by atoms with van der Waals surface area (Å²) in [5, 5.41) is 10.3. The third-order valence-corrected chi connectivity index (χ3v) is 8.57. The van der Waals surface area contributed by atoms with Gasteiger partial charge in [0.05, 0.1) is 6.04 Å². The molecule has 2 saturated heterocycles. The number of nitrogens with zero attached hydrogens (tertiary/aromatic N) is 1. The second-order valence-corrected chi connectivity index (χ2v) is 11.4. The summed E-state index contributed by atoms with van der Waals surface area (Å²) in [4.78, 5) is 18.5. The quantitative estimate of drug-likeness (QED) is 0.355. The predicted octanol–water partition coefficient (Wildman–Crippen LogP) is 5.97. The average molecular weight is 503 g/mol. The summed E-state index contributed by atoms with van der Waals surface area (Å²) >= 11 is 1.88. The minimum absolute atomic E-state index is 0.0246. The number of rotatable bonds is 8. The van der Waals surface area contributed by atoms with E-state index in [-0.39, 0.29) is 11.9 Å². The molecule has 190 valence electrons. The molecule has 0 aliphatic carbocycles. The summed E-state index contributed by atoms with van der Waals surface area (Å²) in [6, 6.07) is 19.6. The van der Waals surface area contributed by atoms with Crippen LogP contribution >= 0.6 is 11.3 Å². The van der Waals surface area contributed by atoms with E-state index in [1.165, 1.54) is 41.2 Å². The average Bonchev–Trinajstić information content (AvgIpc) is 3.59. The third-order valence-electron chi connectivity index (χ3n) is 7.45. The smallest absolute Gasteiger partial charge is 0.252 e. The second-order valence-electron chi connectivity index (χ2n) is 10.3. The minimum Gasteiger partial charge on any atom is -0.382 e. The molecule has 2 fully saturated rings. The standard InChI is InChI=1S/C30H38N4OS/c1-21-8-9-26(33-25-12-14-31-15-13-25)19-28(21)30(35)32-22(2)23-6-5-7-24(18-23)29-11-10-27(36-29)20-34-16-3-4-17-34/h5-11,18-19,22,25,31,33H,3-4,12-17,20H2,1-2H3,(H,32,35). The molecule has 36 heavy (non-hydrogen) atoms. The Morgan fingerprint density at radius 2 is 1.89 bits per heavy atom. The van der Waals surface area contributed by atoms with Gasteiger partial charge in [0, 0.05) is 33.6 Å². The maximum Gasteiger partial charge on any atom is 0.252 e. The highest BCUT2D eigenvalue weighted by atomic mass is 32.1. The Labute approximate surface area is 219 Å². The number of carbonyl (C=O) groups is 1. The van der Waals surface area contributed by atoms with E-state index in [4.69, 9.17) is 0 Å². The zero-order valence-corrected chi connectivity index (χ0v) is 22.3. The molecule has 3 N–H and O–H groups in total. The number of likely N-dealkylation sites (tertiary alicyclic amines) is 1. The van der Waals surface area contributed by atoms with Gasteiger partial charge in [0.1, 0.15) is 0 Å². The number of piperidine rings is 1. The fraction of sp³-hybridized carbons (Fsp3) is 0.433. The highest BCUT2D eigenvalue weighted by Gasteiger charge is 2.18. The van der Waals surface area contributed by atoms with Gasteiger partial charge in [-0.2, -0.15) is 0 Å². The predicted molar refractivity (Wildman–Crippen MR) is 151 cm³/mol. The first-order valence-electron chi connectivity index (χ1n) is 13.4. The van der Waals surface area contributed by atoms with E-state index in [0.717, 1.165) is 54.9 Å². The molecule has 3 aromatic rings. The van der Waals surface area contributed by atoms with E-state index < -0.39 is 0 Å². The van der Waals surface area contributed by atoms with Gasteiger partial charge < -0.3 is 16.0 Å². The topological polar surface area (TPSA) is 56.4 Å². The maximum atomic E-state index is 13.3. The van der Waals surface area contributed by atoms with Crippen LogP contribution in [0.4, 0.5) is 5.69 Å². The minimum atomic E-state index is -0.0816. The molecule has 2 aliphatic rings. The molecule has 1 aromatic heterocycles. The third kappa shape index (κ3) is 6.17. The SMILES string of the molecule is Cc1ccc(NC2CCNCC2)cc1C(=O)NC(C)c1cccc(-c2ccc(CN3CCCC3)s2)c1. The number of thiophene rings is 1. The van der Waals surface area contributed by atoms with Gasteiger partial charge in [0.2, 0.25) is 0 Å². The molecule has 5 rings (SSSR count). The Kier molecular flexibility index (Phi) is 8.05. The van der Waals surface area contributed by atoms with Gasteiger partial charge in [0.15, 0.2) is 0 Å². The lowest BCUT2D eigenvalue weighted by Gasteiger charge is -2.25. The van der Waals surface area contributed by atoms with Crippen molar-refractivity contribution in [3.05, 3.63) is 76.2 Å². The van der Waals surface area contributed by atoms with Gasteiger partial charge in [0.25, 0.3) is 5.91 Å². The monoisotopic (exact) mass is 502 g/mol. The molecule has 0 radical (unpaired) electrons. The van der Waals surface area contributed by atoms with E-state index in [2.05, 4.69) is 70.2 Å². The maximum absolute atomic E-state index is 13.3. The number of aryl methyl sites for hydroxylation is 1. The van der Waals surface area contributed by atoms with Gasteiger partial charge in [-0.25, -0.2) is 0 Å². The van der Waals surface area contributed by atoms with Crippen LogP contribution < -0.4 is 16.0 Å². The van der Waals surface area contributed by atoms with Crippen LogP contribution in [-0.4, -0.2) is 43.0 Å². The summed E-state index contributed by atoms with van der Waals surface area (Å²) in [5.74, 6) is -0.0246. The molecule has 1 unspecified atom stereocenters. The zero-order valence-electron chi connectivity index (χ0n) is 21.5. The number of nitrogens with one attached hydrogen (secondary N) is 3. The van der Waals surface area contributed by atoms with Crippen LogP contribution in [0.5, 0.6) is 0 Å². The Balaban J connectivity index is 1.24. The van der Waals surface area contributed by atoms with Crippen LogP contribution in [0.25, 0.3) is 10.4 Å². The molecule has 6 heteroatoms. The van der Waals surface area contributed by atoms with Gasteiger partial charge >= 0.3 is 0 Å². The molecule has 1 amide bonds. The van der Waals surface area contributed by atoms with Crippen LogP contribution in [0.2, 0.25) is 0 Å². The van der Waals surface area contributed by atoms with E-state index in [0.29, 0.717) is 6.04 Å². The lowest BCUT2D eigenvalue weighted by molar-refractivity contribution is 0.0939. The summed E-state index contributed by atoms with van der Waals surface area (Å²) < 4.78 is 0. The number of benzene rings is 2. The van der Waals surface area contributed by atoms with Crippen LogP contribution in [0.1, 0.15) is 65.0 Å². The van der Waals surface area contributed by atoms with Crippen LogP contribution in [-0.2, 0) is 6.54 Å². The summed E-state index contributed by atoms with van der Waals surface area (Å²) in [6.45, 7) is 9.65. The zero-order chi connectivity index (χ0) is 24.9. The summed E-state index contributed by atoms with van der Waals surface area (Å²) in [6.07, 6.45) is 4.85. The lowest BCUT2D eigenvalue weighted by atomic mass is 10.0. The first-order valence-corrected chi connectivity index (χ1v) is 14.2. The fourth-order valence-corrected chi connectivity index (χ4v) is 6.30. The summed E-state index contributed by atoms with van der Waals surface area (Å²) in [7, 11) is 0. The van der Waals surface area contributed by atoms with Crippen LogP contribution in [0, 0.1) is 6.92 Å². The first-order chi connectivity index (χ1) is 17.5. The number of amides is 1. The normalized spacial score (nSPS) is 17.7. The Bertz CT molecular complexity index is 1180. The molecule has 0 bridgehead atoms. The van der Waals surface area contributed by atoms with Crippen LogP contribution in [0.15, 0.2) is 54.6 Å². The highest BCUT2D eigenvalue weighted by molar-refractivity contribution is 7.15. The number of carbonyl (C=O) groups excluding carboxylic acids is 1. The number of hydrogen-bond donors (Lipinski definition) is 3. The van der Waals surface area contributed by atoms with Crippen molar-refractivity contribution in [1.29, 1.82) is 0 Å². The van der Waals surface area contributed by atoms with Crippen molar-refractivity contribution in [3.63, 3.8) is 0 Å². The van der Waals surface area contributed by atoms with Crippen molar-refractivity contribution >= 4 is 22.9 Å². The van der Waals surface area contributed by atoms with Gasteiger partial charge in [-0.05, 0) is 113 Å². The highest BCUT2D eigenvalue weighted by Crippen LogP contribution is 2.31. The lowest BCUT2D eigenvalue weighted by Crippen LogP contribution is -2.35. The number of anilines is 1. The Morgan fingerprint density at radius 1 is 1.08 bits per heavy atom. The largest absolute Gasteiger partial charge is 0.382 e. The molecule has 0 spiro atoms. The van der Waals surface area contributed by atoms with Crippen molar-refractivity contribution in [1.82, 2.24) is 15.5 Å².